The zero-order valence-electron chi connectivity index (χ0n) is 27.4. The van der Waals surface area contributed by atoms with Crippen LogP contribution in [-0.2, 0) is 0 Å². The molecule has 10 rings (SSSR count). The molecule has 0 amide bonds. The van der Waals surface area contributed by atoms with E-state index in [4.69, 9.17) is 9.97 Å². The van der Waals surface area contributed by atoms with E-state index in [0.29, 0.717) is 0 Å². The molecule has 0 bridgehead atoms. The van der Waals surface area contributed by atoms with Crippen molar-refractivity contribution in [2.45, 2.75) is 12.8 Å². The van der Waals surface area contributed by atoms with Crippen LogP contribution in [0.4, 0.5) is 0 Å². The zero-order valence-corrected chi connectivity index (χ0v) is 27.4. The van der Waals surface area contributed by atoms with Crippen molar-refractivity contribution in [2.24, 2.45) is 0 Å². The summed E-state index contributed by atoms with van der Waals surface area (Å²) < 4.78 is 4.74. The number of nitrogens with zero attached hydrogens (tertiary/aromatic N) is 4. The molecule has 1 aliphatic rings. The van der Waals surface area contributed by atoms with Crippen molar-refractivity contribution >= 4 is 49.3 Å². The van der Waals surface area contributed by atoms with E-state index in [1.165, 1.54) is 38.5 Å². The molecule has 0 N–H and O–H groups in total. The fraction of sp³-hybridized carbons (Fsp3) is 0.0435. The predicted molar refractivity (Wildman–Crippen MR) is 208 cm³/mol. The standard InChI is InChI=1S/C46H32N4/c1-4-14-31(15-5-1)39-29-35(30-40(48-39)32-16-6-2-7-17-32)50-42-26-25-33(28-38(42)46-44(50)24-13-27-47-46)36-21-12-23-43-45(36)37-20-10-11-22-41(37)49(43)34-18-8-3-9-19-34/h1-6,8-16,18-30H,7,17H2. The van der Waals surface area contributed by atoms with Gasteiger partial charge in [0.25, 0.3) is 0 Å². The molecule has 4 nitrogen and oxygen atoms in total. The van der Waals surface area contributed by atoms with Crippen LogP contribution < -0.4 is 0 Å². The van der Waals surface area contributed by atoms with E-state index in [0.717, 1.165) is 63.1 Å². The SMILES string of the molecule is C1=CCCC(c2cc(-n3c4ccc(-c5cccc6c5c5ccccc5n6-c5ccccc5)cc4c4ncccc43)cc(-c3ccccc3)n2)=C1. The molecule has 0 spiro atoms. The highest BCUT2D eigenvalue weighted by Crippen LogP contribution is 2.41. The predicted octanol–water partition coefficient (Wildman–Crippen LogP) is 11.7. The van der Waals surface area contributed by atoms with Gasteiger partial charge in [-0.1, -0.05) is 103 Å². The number of allylic oxidation sites excluding steroid dienone is 4. The van der Waals surface area contributed by atoms with E-state index < -0.39 is 0 Å². The quantitative estimate of drug-likeness (QED) is 0.188. The number of hydrogen-bond acceptors (Lipinski definition) is 2. The average Bonchev–Trinajstić information content (AvgIpc) is 3.71. The van der Waals surface area contributed by atoms with Crippen LogP contribution in [0.3, 0.4) is 0 Å². The van der Waals surface area contributed by atoms with Gasteiger partial charge in [0.1, 0.15) is 0 Å². The summed E-state index contributed by atoms with van der Waals surface area (Å²) in [5, 5.41) is 3.62. The molecule has 5 aromatic carbocycles. The lowest BCUT2D eigenvalue weighted by molar-refractivity contribution is 1.03. The number of pyridine rings is 2. The number of benzene rings is 5. The molecule has 0 saturated carbocycles. The van der Waals surface area contributed by atoms with Crippen molar-refractivity contribution in [1.82, 2.24) is 19.1 Å². The minimum Gasteiger partial charge on any atom is -0.309 e. The van der Waals surface area contributed by atoms with Crippen molar-refractivity contribution in [2.75, 3.05) is 0 Å². The summed E-state index contributed by atoms with van der Waals surface area (Å²) in [5.41, 5.74) is 14.5. The highest BCUT2D eigenvalue weighted by atomic mass is 15.0. The normalized spacial score (nSPS) is 13.1. The van der Waals surface area contributed by atoms with E-state index in [1.54, 1.807) is 0 Å². The van der Waals surface area contributed by atoms with Gasteiger partial charge in [-0.05, 0) is 90.2 Å². The molecule has 4 heteroatoms. The zero-order chi connectivity index (χ0) is 33.0. The average molecular weight is 641 g/mol. The maximum absolute atomic E-state index is 5.20. The summed E-state index contributed by atoms with van der Waals surface area (Å²) in [6.45, 7) is 0. The van der Waals surface area contributed by atoms with Crippen molar-refractivity contribution in [3.8, 4) is 33.8 Å². The Morgan fingerprint density at radius 1 is 0.520 bits per heavy atom. The van der Waals surface area contributed by atoms with Gasteiger partial charge in [-0.3, -0.25) is 4.98 Å². The van der Waals surface area contributed by atoms with Gasteiger partial charge in [0.15, 0.2) is 0 Å². The Bertz CT molecular complexity index is 2800. The maximum Gasteiger partial charge on any atom is 0.0963 e. The fourth-order valence-corrected chi connectivity index (χ4v) is 7.78. The molecule has 0 aliphatic heterocycles. The largest absolute Gasteiger partial charge is 0.309 e. The van der Waals surface area contributed by atoms with Gasteiger partial charge in [0.2, 0.25) is 0 Å². The van der Waals surface area contributed by atoms with E-state index in [2.05, 4.69) is 167 Å². The first kappa shape index (κ1) is 28.5. The Hall–Kier alpha value is -6.52. The lowest BCUT2D eigenvalue weighted by atomic mass is 9.98. The number of aromatic nitrogens is 4. The number of rotatable bonds is 5. The van der Waals surface area contributed by atoms with Crippen LogP contribution in [0, 0.1) is 0 Å². The summed E-state index contributed by atoms with van der Waals surface area (Å²) in [4.78, 5) is 10.2. The molecular weight excluding hydrogens is 609 g/mol. The molecule has 236 valence electrons. The summed E-state index contributed by atoms with van der Waals surface area (Å²) in [6, 6.07) is 52.1. The van der Waals surface area contributed by atoms with Gasteiger partial charge in [0, 0.05) is 33.6 Å². The van der Waals surface area contributed by atoms with Gasteiger partial charge in [-0.15, -0.1) is 0 Å². The fourth-order valence-electron chi connectivity index (χ4n) is 7.78. The Morgan fingerprint density at radius 2 is 1.26 bits per heavy atom. The van der Waals surface area contributed by atoms with E-state index in [1.807, 2.05) is 12.3 Å². The Labute approximate surface area is 289 Å². The van der Waals surface area contributed by atoms with Crippen LogP contribution in [-0.4, -0.2) is 19.1 Å². The third kappa shape index (κ3) is 4.53. The Balaban J connectivity index is 1.21. The second-order valence-corrected chi connectivity index (χ2v) is 12.9. The highest BCUT2D eigenvalue weighted by Gasteiger charge is 2.20. The number of hydrogen-bond donors (Lipinski definition) is 0. The highest BCUT2D eigenvalue weighted by molar-refractivity contribution is 6.17. The first-order valence-electron chi connectivity index (χ1n) is 17.2. The first-order valence-corrected chi connectivity index (χ1v) is 17.2. The molecule has 0 radical (unpaired) electrons. The monoisotopic (exact) mass is 640 g/mol. The van der Waals surface area contributed by atoms with E-state index >= 15 is 0 Å². The second-order valence-electron chi connectivity index (χ2n) is 12.9. The minimum atomic E-state index is 0.963. The first-order chi connectivity index (χ1) is 24.8. The van der Waals surface area contributed by atoms with Crippen LogP contribution in [0.15, 0.2) is 170 Å². The molecule has 50 heavy (non-hydrogen) atoms. The van der Waals surface area contributed by atoms with Crippen LogP contribution in [0.25, 0.3) is 83.1 Å². The minimum absolute atomic E-state index is 0.963. The van der Waals surface area contributed by atoms with Crippen molar-refractivity contribution < 1.29 is 0 Å². The lowest BCUT2D eigenvalue weighted by Crippen LogP contribution is -2.01. The van der Waals surface area contributed by atoms with Gasteiger partial charge in [0.05, 0.1) is 44.7 Å². The van der Waals surface area contributed by atoms with E-state index in [-0.39, 0.29) is 0 Å². The van der Waals surface area contributed by atoms with Crippen LogP contribution in [0.2, 0.25) is 0 Å². The number of para-hydroxylation sites is 2. The van der Waals surface area contributed by atoms with Crippen molar-refractivity contribution in [3.63, 3.8) is 0 Å². The second kappa shape index (κ2) is 11.6. The topological polar surface area (TPSA) is 35.6 Å². The third-order valence-corrected chi connectivity index (χ3v) is 10.0. The van der Waals surface area contributed by atoms with Crippen molar-refractivity contribution in [3.05, 3.63) is 176 Å². The van der Waals surface area contributed by atoms with Gasteiger partial charge >= 0.3 is 0 Å². The molecular formula is C46H32N4. The number of fused-ring (bicyclic) bond motifs is 6. The van der Waals surface area contributed by atoms with Gasteiger partial charge in [-0.25, -0.2) is 4.98 Å². The summed E-state index contributed by atoms with van der Waals surface area (Å²) in [6.07, 6.45) is 10.5. The Kier molecular flexibility index (Phi) is 6.59. The molecule has 9 aromatic rings. The lowest BCUT2D eigenvalue weighted by Gasteiger charge is -2.15. The summed E-state index contributed by atoms with van der Waals surface area (Å²) in [7, 11) is 0. The van der Waals surface area contributed by atoms with E-state index in [9.17, 15) is 0 Å². The van der Waals surface area contributed by atoms with Crippen molar-refractivity contribution in [1.29, 1.82) is 0 Å². The smallest absolute Gasteiger partial charge is 0.0963 e. The Morgan fingerprint density at radius 3 is 2.12 bits per heavy atom. The van der Waals surface area contributed by atoms with Crippen LogP contribution in [0.5, 0.6) is 0 Å². The third-order valence-electron chi connectivity index (χ3n) is 10.0. The molecule has 0 fully saturated rings. The summed E-state index contributed by atoms with van der Waals surface area (Å²) >= 11 is 0. The maximum atomic E-state index is 5.20. The van der Waals surface area contributed by atoms with Crippen LogP contribution >= 0.6 is 0 Å². The molecule has 1 aliphatic carbocycles. The molecule has 0 saturated heterocycles. The van der Waals surface area contributed by atoms with Crippen LogP contribution in [0.1, 0.15) is 18.5 Å². The summed E-state index contributed by atoms with van der Waals surface area (Å²) in [5.74, 6) is 0. The molecule has 4 aromatic heterocycles. The van der Waals surface area contributed by atoms with Gasteiger partial charge in [-0.2, -0.15) is 0 Å². The molecule has 0 unspecified atom stereocenters. The molecule has 0 atom stereocenters. The molecule has 4 heterocycles. The van der Waals surface area contributed by atoms with Gasteiger partial charge < -0.3 is 9.13 Å².